The van der Waals surface area contributed by atoms with Crippen LogP contribution in [0.15, 0.2) is 0 Å². The average Bonchev–Trinajstić information content (AvgIpc) is 2.19. The molecule has 0 unspecified atom stereocenters. The van der Waals surface area contributed by atoms with Crippen molar-refractivity contribution in [2.24, 2.45) is 0 Å². The Morgan fingerprint density at radius 1 is 1.31 bits per heavy atom. The average molecular weight is 203 g/mol. The molecule has 78 valence electrons. The number of hydrogen-bond acceptors (Lipinski definition) is 3. The molecule has 0 atom stereocenters. The lowest BCUT2D eigenvalue weighted by Crippen LogP contribution is -2.36. The van der Waals surface area contributed by atoms with Crippen molar-refractivity contribution in [3.05, 3.63) is 0 Å². The highest BCUT2D eigenvalue weighted by Crippen LogP contribution is 2.06. The van der Waals surface area contributed by atoms with E-state index in [0.717, 1.165) is 25.8 Å². The smallest absolute Gasteiger partial charge is 0.0480 e. The van der Waals surface area contributed by atoms with Crippen LogP contribution in [0.2, 0.25) is 0 Å². The molecule has 2 nitrogen and oxygen atoms in total. The number of hydrogen-bond donors (Lipinski definition) is 1. The summed E-state index contributed by atoms with van der Waals surface area (Å²) in [6.07, 6.45) is 3.68. The Kier molecular flexibility index (Phi) is 6.68. The number of thioether (sulfide) groups is 1. The molecule has 0 saturated carbocycles. The maximum atomic E-state index is 5.30. The second-order valence-corrected chi connectivity index (χ2v) is 4.68. The van der Waals surface area contributed by atoms with Gasteiger partial charge in [-0.1, -0.05) is 6.92 Å². The first-order valence-electron chi connectivity index (χ1n) is 5.32. The summed E-state index contributed by atoms with van der Waals surface area (Å²) in [6, 6.07) is 0.718. The molecule has 0 aliphatic carbocycles. The van der Waals surface area contributed by atoms with Crippen LogP contribution in [-0.2, 0) is 4.74 Å². The molecule has 0 spiro atoms. The lowest BCUT2D eigenvalue weighted by molar-refractivity contribution is 0.0786. The molecule has 1 aliphatic heterocycles. The lowest BCUT2D eigenvalue weighted by atomic mass is 10.1. The molecule has 1 heterocycles. The number of nitrogens with one attached hydrogen (secondary N) is 1. The third-order valence-electron chi connectivity index (χ3n) is 2.25. The second-order valence-electron chi connectivity index (χ2n) is 3.45. The first-order chi connectivity index (χ1) is 6.43. The van der Waals surface area contributed by atoms with Crippen LogP contribution in [-0.4, -0.2) is 37.3 Å². The molecule has 1 saturated heterocycles. The van der Waals surface area contributed by atoms with Gasteiger partial charge in [0.1, 0.15) is 0 Å². The quantitative estimate of drug-likeness (QED) is 0.666. The van der Waals surface area contributed by atoms with E-state index >= 15 is 0 Å². The van der Waals surface area contributed by atoms with Crippen molar-refractivity contribution in [3.8, 4) is 0 Å². The normalized spacial score (nSPS) is 19.2. The zero-order valence-corrected chi connectivity index (χ0v) is 9.37. The molecule has 1 fully saturated rings. The van der Waals surface area contributed by atoms with Crippen molar-refractivity contribution < 1.29 is 4.74 Å². The summed E-state index contributed by atoms with van der Waals surface area (Å²) < 4.78 is 5.30. The van der Waals surface area contributed by atoms with Crippen molar-refractivity contribution in [3.63, 3.8) is 0 Å². The summed E-state index contributed by atoms with van der Waals surface area (Å²) in [6.45, 7) is 5.29. The van der Waals surface area contributed by atoms with Crippen molar-refractivity contribution in [2.75, 3.05) is 31.3 Å². The highest BCUT2D eigenvalue weighted by molar-refractivity contribution is 7.99. The minimum atomic E-state index is 0.718. The van der Waals surface area contributed by atoms with Crippen molar-refractivity contribution in [2.45, 2.75) is 32.2 Å². The Morgan fingerprint density at radius 3 is 2.77 bits per heavy atom. The first-order valence-corrected chi connectivity index (χ1v) is 6.48. The van der Waals surface area contributed by atoms with Gasteiger partial charge >= 0.3 is 0 Å². The molecule has 0 aromatic rings. The SMILES string of the molecule is CCCSCCNC1CCOCC1. The van der Waals surface area contributed by atoms with Crippen LogP contribution in [0.5, 0.6) is 0 Å². The van der Waals surface area contributed by atoms with E-state index in [9.17, 15) is 0 Å². The van der Waals surface area contributed by atoms with Gasteiger partial charge in [-0.05, 0) is 25.0 Å². The van der Waals surface area contributed by atoms with Gasteiger partial charge < -0.3 is 10.1 Å². The first kappa shape index (κ1) is 11.3. The summed E-state index contributed by atoms with van der Waals surface area (Å²) in [5.74, 6) is 2.56. The van der Waals surface area contributed by atoms with E-state index in [-0.39, 0.29) is 0 Å². The highest BCUT2D eigenvalue weighted by Gasteiger charge is 2.11. The predicted octanol–water partition coefficient (Wildman–Crippen LogP) is 1.90. The van der Waals surface area contributed by atoms with Crippen LogP contribution in [0.25, 0.3) is 0 Å². The molecule has 1 aliphatic rings. The van der Waals surface area contributed by atoms with Gasteiger partial charge in [-0.3, -0.25) is 0 Å². The molecule has 0 aromatic carbocycles. The van der Waals surface area contributed by atoms with Gasteiger partial charge in [0.25, 0.3) is 0 Å². The largest absolute Gasteiger partial charge is 0.381 e. The lowest BCUT2D eigenvalue weighted by Gasteiger charge is -2.23. The Labute approximate surface area is 85.8 Å². The topological polar surface area (TPSA) is 21.3 Å². The van der Waals surface area contributed by atoms with Crippen LogP contribution in [0.3, 0.4) is 0 Å². The maximum absolute atomic E-state index is 5.30. The molecule has 0 aromatic heterocycles. The van der Waals surface area contributed by atoms with Gasteiger partial charge in [0.05, 0.1) is 0 Å². The fourth-order valence-corrected chi connectivity index (χ4v) is 2.24. The van der Waals surface area contributed by atoms with Gasteiger partial charge in [0.2, 0.25) is 0 Å². The molecule has 3 heteroatoms. The standard InChI is InChI=1S/C10H21NOS/c1-2-8-13-9-5-11-10-3-6-12-7-4-10/h10-11H,2-9H2,1H3. The molecule has 0 amide bonds. The second kappa shape index (κ2) is 7.65. The number of ether oxygens (including phenoxy) is 1. The molecule has 0 bridgehead atoms. The monoisotopic (exact) mass is 203 g/mol. The minimum absolute atomic E-state index is 0.718. The Balaban J connectivity index is 1.86. The molecule has 13 heavy (non-hydrogen) atoms. The van der Waals surface area contributed by atoms with Gasteiger partial charge in [-0.25, -0.2) is 0 Å². The molecule has 1 rings (SSSR count). The molecular weight excluding hydrogens is 182 g/mol. The van der Waals surface area contributed by atoms with Crippen LogP contribution < -0.4 is 5.32 Å². The Hall–Kier alpha value is 0.270. The fraction of sp³-hybridized carbons (Fsp3) is 1.00. The van der Waals surface area contributed by atoms with Crippen molar-refractivity contribution in [1.82, 2.24) is 5.32 Å². The van der Waals surface area contributed by atoms with Crippen molar-refractivity contribution in [1.29, 1.82) is 0 Å². The molecule has 1 N–H and O–H groups in total. The van der Waals surface area contributed by atoms with E-state index in [1.54, 1.807) is 0 Å². The predicted molar refractivity (Wildman–Crippen MR) is 59.5 cm³/mol. The molecule has 0 radical (unpaired) electrons. The van der Waals surface area contributed by atoms with E-state index in [1.165, 1.54) is 30.8 Å². The summed E-state index contributed by atoms with van der Waals surface area (Å²) in [5.41, 5.74) is 0. The van der Waals surface area contributed by atoms with E-state index in [1.807, 2.05) is 11.8 Å². The summed E-state index contributed by atoms with van der Waals surface area (Å²) in [5, 5.41) is 3.58. The van der Waals surface area contributed by atoms with E-state index in [2.05, 4.69) is 12.2 Å². The van der Waals surface area contributed by atoms with Gasteiger partial charge in [-0.15, -0.1) is 0 Å². The van der Waals surface area contributed by atoms with Gasteiger partial charge in [-0.2, -0.15) is 11.8 Å². The third-order valence-corrected chi connectivity index (χ3v) is 3.44. The van der Waals surface area contributed by atoms with Crippen LogP contribution >= 0.6 is 11.8 Å². The fourth-order valence-electron chi connectivity index (χ4n) is 1.48. The van der Waals surface area contributed by atoms with Crippen LogP contribution in [0.1, 0.15) is 26.2 Å². The van der Waals surface area contributed by atoms with Gasteiger partial charge in [0, 0.05) is 31.6 Å². The van der Waals surface area contributed by atoms with Crippen LogP contribution in [0, 0.1) is 0 Å². The Bertz CT molecular complexity index is 115. The summed E-state index contributed by atoms with van der Waals surface area (Å²) >= 11 is 2.05. The van der Waals surface area contributed by atoms with Crippen molar-refractivity contribution >= 4 is 11.8 Å². The zero-order valence-electron chi connectivity index (χ0n) is 8.55. The van der Waals surface area contributed by atoms with E-state index < -0.39 is 0 Å². The van der Waals surface area contributed by atoms with E-state index in [4.69, 9.17) is 4.74 Å². The minimum Gasteiger partial charge on any atom is -0.381 e. The number of rotatable bonds is 6. The van der Waals surface area contributed by atoms with Gasteiger partial charge in [0.15, 0.2) is 0 Å². The molecular formula is C10H21NOS. The highest BCUT2D eigenvalue weighted by atomic mass is 32.2. The third kappa shape index (κ3) is 5.55. The Morgan fingerprint density at radius 2 is 2.08 bits per heavy atom. The summed E-state index contributed by atoms with van der Waals surface area (Å²) in [4.78, 5) is 0. The van der Waals surface area contributed by atoms with Crippen LogP contribution in [0.4, 0.5) is 0 Å². The maximum Gasteiger partial charge on any atom is 0.0480 e. The zero-order chi connectivity index (χ0) is 9.36. The summed E-state index contributed by atoms with van der Waals surface area (Å²) in [7, 11) is 0. The van der Waals surface area contributed by atoms with E-state index in [0.29, 0.717) is 0 Å².